The molecule has 1 unspecified atom stereocenters. The van der Waals surface area contributed by atoms with Crippen molar-refractivity contribution in [1.82, 2.24) is 4.90 Å². The van der Waals surface area contributed by atoms with E-state index in [2.05, 4.69) is 18.7 Å². The number of hydrogen-bond donors (Lipinski definition) is 0. The third-order valence-electron chi connectivity index (χ3n) is 3.51. The molecular formula is C12H23NO. The van der Waals surface area contributed by atoms with Crippen molar-refractivity contribution in [1.29, 1.82) is 0 Å². The van der Waals surface area contributed by atoms with Crippen LogP contribution in [0.4, 0.5) is 0 Å². The zero-order chi connectivity index (χ0) is 10.8. The Balaban J connectivity index is 2.54. The molecule has 0 aromatic rings. The molecule has 1 heterocycles. The van der Waals surface area contributed by atoms with E-state index in [1.54, 1.807) is 6.92 Å². The second kappa shape index (κ2) is 4.43. The molecule has 2 heteroatoms. The van der Waals surface area contributed by atoms with Crippen LogP contribution >= 0.6 is 0 Å². The first-order valence-corrected chi connectivity index (χ1v) is 5.67. The smallest absolute Gasteiger partial charge is 0.146 e. The Bertz CT molecular complexity index is 210. The number of nitrogens with zero attached hydrogens (tertiary/aromatic N) is 1. The maximum absolute atomic E-state index is 11.3. The van der Waals surface area contributed by atoms with Crippen LogP contribution in [-0.4, -0.2) is 29.8 Å². The van der Waals surface area contributed by atoms with E-state index in [1.807, 2.05) is 6.92 Å². The van der Waals surface area contributed by atoms with Crippen molar-refractivity contribution in [3.8, 4) is 0 Å². The highest BCUT2D eigenvalue weighted by atomic mass is 16.1. The van der Waals surface area contributed by atoms with Crippen molar-refractivity contribution in [3.05, 3.63) is 0 Å². The van der Waals surface area contributed by atoms with Gasteiger partial charge in [0.25, 0.3) is 0 Å². The van der Waals surface area contributed by atoms with Crippen LogP contribution in [-0.2, 0) is 4.79 Å². The minimum atomic E-state index is 0.115. The van der Waals surface area contributed by atoms with Crippen LogP contribution in [0.1, 0.15) is 47.0 Å². The van der Waals surface area contributed by atoms with E-state index < -0.39 is 0 Å². The van der Waals surface area contributed by atoms with Gasteiger partial charge in [-0.25, -0.2) is 0 Å². The number of likely N-dealkylation sites (tertiary alicyclic amines) is 1. The van der Waals surface area contributed by atoms with Gasteiger partial charge in [-0.2, -0.15) is 0 Å². The lowest BCUT2D eigenvalue weighted by molar-refractivity contribution is -0.121. The minimum Gasteiger partial charge on any atom is -0.298 e. The Morgan fingerprint density at radius 3 is 2.50 bits per heavy atom. The summed E-state index contributed by atoms with van der Waals surface area (Å²) in [6, 6.07) is 0.115. The average molecular weight is 197 g/mol. The Morgan fingerprint density at radius 1 is 1.29 bits per heavy atom. The van der Waals surface area contributed by atoms with Gasteiger partial charge in [-0.15, -0.1) is 0 Å². The van der Waals surface area contributed by atoms with Crippen LogP contribution in [0.15, 0.2) is 0 Å². The lowest BCUT2D eigenvalue weighted by Gasteiger charge is -2.26. The highest BCUT2D eigenvalue weighted by Crippen LogP contribution is 2.30. The highest BCUT2D eigenvalue weighted by Gasteiger charge is 2.26. The Labute approximate surface area is 87.7 Å². The van der Waals surface area contributed by atoms with Gasteiger partial charge in [0, 0.05) is 0 Å². The van der Waals surface area contributed by atoms with E-state index >= 15 is 0 Å². The zero-order valence-electron chi connectivity index (χ0n) is 9.97. The summed E-state index contributed by atoms with van der Waals surface area (Å²) < 4.78 is 0. The second-order valence-electron chi connectivity index (χ2n) is 5.34. The summed E-state index contributed by atoms with van der Waals surface area (Å²) in [7, 11) is 0. The lowest BCUT2D eigenvalue weighted by Crippen LogP contribution is -2.38. The number of carbonyl (C=O) groups is 1. The first-order valence-electron chi connectivity index (χ1n) is 5.67. The average Bonchev–Trinajstić information content (AvgIpc) is 2.25. The molecule has 1 atom stereocenters. The van der Waals surface area contributed by atoms with Gasteiger partial charge >= 0.3 is 0 Å². The first kappa shape index (κ1) is 11.7. The molecule has 0 amide bonds. The largest absolute Gasteiger partial charge is 0.298 e. The maximum atomic E-state index is 11.3. The predicted octanol–water partition coefficient (Wildman–Crippen LogP) is 2.48. The quantitative estimate of drug-likeness (QED) is 0.678. The Morgan fingerprint density at radius 2 is 1.93 bits per heavy atom. The van der Waals surface area contributed by atoms with Crippen LogP contribution in [0.2, 0.25) is 0 Å². The fourth-order valence-corrected chi connectivity index (χ4v) is 2.09. The normalized spacial score (nSPS) is 25.4. The van der Waals surface area contributed by atoms with Gasteiger partial charge in [-0.1, -0.05) is 13.8 Å². The molecule has 1 aliphatic heterocycles. The number of ketones is 1. The van der Waals surface area contributed by atoms with Crippen molar-refractivity contribution in [2.45, 2.75) is 53.0 Å². The van der Waals surface area contributed by atoms with E-state index in [9.17, 15) is 4.79 Å². The molecule has 82 valence electrons. The third kappa shape index (κ3) is 3.09. The molecule has 0 aromatic heterocycles. The van der Waals surface area contributed by atoms with E-state index in [-0.39, 0.29) is 6.04 Å². The van der Waals surface area contributed by atoms with Crippen LogP contribution in [0, 0.1) is 5.41 Å². The predicted molar refractivity (Wildman–Crippen MR) is 59.3 cm³/mol. The molecule has 0 radical (unpaired) electrons. The van der Waals surface area contributed by atoms with Gasteiger partial charge in [-0.05, 0) is 51.6 Å². The standard InChI is InChI=1S/C12H23NO/c1-10(11(2)14)13-8-5-6-12(3,4)7-9-13/h10H,5-9H2,1-4H3. The third-order valence-corrected chi connectivity index (χ3v) is 3.51. The van der Waals surface area contributed by atoms with Gasteiger partial charge < -0.3 is 0 Å². The van der Waals surface area contributed by atoms with E-state index in [1.165, 1.54) is 19.3 Å². The Kier molecular flexibility index (Phi) is 3.71. The summed E-state index contributed by atoms with van der Waals surface area (Å²) in [5, 5.41) is 0. The molecule has 1 rings (SSSR count). The summed E-state index contributed by atoms with van der Waals surface area (Å²) in [5.74, 6) is 0.296. The SMILES string of the molecule is CC(=O)C(C)N1CCCC(C)(C)CC1. The molecule has 0 saturated carbocycles. The lowest BCUT2D eigenvalue weighted by atomic mass is 9.85. The summed E-state index contributed by atoms with van der Waals surface area (Å²) in [5.41, 5.74) is 0.464. The van der Waals surface area contributed by atoms with Crippen molar-refractivity contribution in [3.63, 3.8) is 0 Å². The van der Waals surface area contributed by atoms with Crippen molar-refractivity contribution >= 4 is 5.78 Å². The summed E-state index contributed by atoms with van der Waals surface area (Å²) >= 11 is 0. The van der Waals surface area contributed by atoms with E-state index in [0.29, 0.717) is 11.2 Å². The molecule has 0 N–H and O–H groups in total. The van der Waals surface area contributed by atoms with Crippen LogP contribution in [0.3, 0.4) is 0 Å². The van der Waals surface area contributed by atoms with Gasteiger partial charge in [-0.3, -0.25) is 9.69 Å². The van der Waals surface area contributed by atoms with Gasteiger partial charge in [0.1, 0.15) is 5.78 Å². The van der Waals surface area contributed by atoms with Crippen molar-refractivity contribution in [2.75, 3.05) is 13.1 Å². The first-order chi connectivity index (χ1) is 6.42. The van der Waals surface area contributed by atoms with Gasteiger partial charge in [0.15, 0.2) is 0 Å². The number of Topliss-reactive ketones (excluding diaryl/α,β-unsaturated/α-hetero) is 1. The molecule has 0 bridgehead atoms. The molecule has 0 aromatic carbocycles. The van der Waals surface area contributed by atoms with E-state index in [4.69, 9.17) is 0 Å². The Hall–Kier alpha value is -0.370. The fourth-order valence-electron chi connectivity index (χ4n) is 2.09. The molecule has 0 spiro atoms. The molecule has 14 heavy (non-hydrogen) atoms. The fraction of sp³-hybridized carbons (Fsp3) is 0.917. The van der Waals surface area contributed by atoms with Gasteiger partial charge in [0.2, 0.25) is 0 Å². The molecular weight excluding hydrogens is 174 g/mol. The van der Waals surface area contributed by atoms with E-state index in [0.717, 1.165) is 13.1 Å². The number of carbonyl (C=O) groups excluding carboxylic acids is 1. The van der Waals surface area contributed by atoms with Crippen LogP contribution in [0.25, 0.3) is 0 Å². The molecule has 1 aliphatic rings. The molecule has 2 nitrogen and oxygen atoms in total. The second-order valence-corrected chi connectivity index (χ2v) is 5.34. The summed E-state index contributed by atoms with van der Waals surface area (Å²) in [4.78, 5) is 13.6. The summed E-state index contributed by atoms with van der Waals surface area (Å²) in [6.45, 7) is 10.5. The molecule has 1 saturated heterocycles. The minimum absolute atomic E-state index is 0.115. The monoisotopic (exact) mass is 197 g/mol. The van der Waals surface area contributed by atoms with Crippen molar-refractivity contribution in [2.24, 2.45) is 5.41 Å². The zero-order valence-corrected chi connectivity index (χ0v) is 9.97. The van der Waals surface area contributed by atoms with Crippen LogP contribution < -0.4 is 0 Å². The molecule has 1 fully saturated rings. The topological polar surface area (TPSA) is 20.3 Å². The van der Waals surface area contributed by atoms with Crippen LogP contribution in [0.5, 0.6) is 0 Å². The summed E-state index contributed by atoms with van der Waals surface area (Å²) in [6.07, 6.45) is 3.73. The number of hydrogen-bond acceptors (Lipinski definition) is 2. The molecule has 0 aliphatic carbocycles. The number of rotatable bonds is 2. The highest BCUT2D eigenvalue weighted by molar-refractivity contribution is 5.80. The van der Waals surface area contributed by atoms with Crippen molar-refractivity contribution < 1.29 is 4.79 Å². The van der Waals surface area contributed by atoms with Gasteiger partial charge in [0.05, 0.1) is 6.04 Å². The maximum Gasteiger partial charge on any atom is 0.146 e.